The van der Waals surface area contributed by atoms with Crippen LogP contribution in [-0.2, 0) is 9.59 Å². The number of para-hydroxylation sites is 1. The maximum Gasteiger partial charge on any atom is 0.301 e. The number of aryl methyl sites for hydroxylation is 1. The summed E-state index contributed by atoms with van der Waals surface area (Å²) in [5.41, 5.74) is 2.66. The predicted molar refractivity (Wildman–Crippen MR) is 135 cm³/mol. The van der Waals surface area contributed by atoms with E-state index in [1.54, 1.807) is 37.4 Å². The second kappa shape index (κ2) is 8.88. The number of anilines is 1. The highest BCUT2D eigenvalue weighted by Crippen LogP contribution is 2.47. The first-order valence-corrected chi connectivity index (χ1v) is 11.7. The zero-order valence-corrected chi connectivity index (χ0v) is 20.1. The lowest BCUT2D eigenvalue weighted by Gasteiger charge is -2.24. The SMILES string of the molecule is COc1ccc(C2/C(=C(\O)c3ccc(C)cc3)C(=O)C(=O)N2c2nc3ccccc3s2)c(OC)c1. The molecule has 1 aliphatic heterocycles. The number of carbonyl (C=O) groups excluding carboxylic acids is 2. The number of aliphatic hydroxyl groups is 1. The van der Waals surface area contributed by atoms with Gasteiger partial charge in [-0.3, -0.25) is 14.5 Å². The summed E-state index contributed by atoms with van der Waals surface area (Å²) in [6, 6.07) is 18.8. The summed E-state index contributed by atoms with van der Waals surface area (Å²) in [5, 5.41) is 11.7. The summed E-state index contributed by atoms with van der Waals surface area (Å²) in [6.07, 6.45) is 0. The summed E-state index contributed by atoms with van der Waals surface area (Å²) in [5.74, 6) is -0.834. The van der Waals surface area contributed by atoms with E-state index in [1.807, 2.05) is 43.3 Å². The number of carbonyl (C=O) groups is 2. The van der Waals surface area contributed by atoms with Crippen molar-refractivity contribution in [1.82, 2.24) is 4.98 Å². The Labute approximate surface area is 205 Å². The summed E-state index contributed by atoms with van der Waals surface area (Å²) in [4.78, 5) is 32.8. The van der Waals surface area contributed by atoms with Crippen LogP contribution in [0.15, 0.2) is 72.3 Å². The van der Waals surface area contributed by atoms with E-state index in [0.29, 0.717) is 33.3 Å². The van der Waals surface area contributed by atoms with Crippen LogP contribution >= 0.6 is 11.3 Å². The molecule has 1 aromatic heterocycles. The van der Waals surface area contributed by atoms with Crippen molar-refractivity contribution in [3.8, 4) is 11.5 Å². The Hall–Kier alpha value is -4.17. The summed E-state index contributed by atoms with van der Waals surface area (Å²) in [7, 11) is 3.04. The molecular formula is C27H22N2O5S. The minimum atomic E-state index is -0.947. The van der Waals surface area contributed by atoms with Crippen molar-refractivity contribution in [3.63, 3.8) is 0 Å². The second-order valence-electron chi connectivity index (χ2n) is 8.11. The van der Waals surface area contributed by atoms with Crippen LogP contribution in [0.1, 0.15) is 22.7 Å². The maximum absolute atomic E-state index is 13.4. The van der Waals surface area contributed by atoms with Gasteiger partial charge >= 0.3 is 5.91 Å². The van der Waals surface area contributed by atoms with Crippen LogP contribution in [0.5, 0.6) is 11.5 Å². The van der Waals surface area contributed by atoms with Crippen molar-refractivity contribution in [2.24, 2.45) is 0 Å². The van der Waals surface area contributed by atoms with Gasteiger partial charge in [0.2, 0.25) is 0 Å². The van der Waals surface area contributed by atoms with Gasteiger partial charge in [-0.15, -0.1) is 0 Å². The fourth-order valence-corrected chi connectivity index (χ4v) is 5.19. The van der Waals surface area contributed by atoms with Crippen molar-refractivity contribution in [1.29, 1.82) is 0 Å². The highest BCUT2D eigenvalue weighted by atomic mass is 32.1. The highest BCUT2D eigenvalue weighted by molar-refractivity contribution is 7.22. The molecule has 0 bridgehead atoms. The molecule has 1 atom stereocenters. The van der Waals surface area contributed by atoms with E-state index >= 15 is 0 Å². The number of amides is 1. The number of ether oxygens (including phenoxy) is 2. The van der Waals surface area contributed by atoms with E-state index in [2.05, 4.69) is 4.98 Å². The van der Waals surface area contributed by atoms with Crippen LogP contribution in [0.25, 0.3) is 16.0 Å². The fourth-order valence-electron chi connectivity index (χ4n) is 4.20. The van der Waals surface area contributed by atoms with Gasteiger partial charge in [0.1, 0.15) is 23.3 Å². The molecule has 1 unspecified atom stereocenters. The van der Waals surface area contributed by atoms with E-state index in [1.165, 1.54) is 23.3 Å². The number of hydrogen-bond acceptors (Lipinski definition) is 7. The Bertz CT molecular complexity index is 1460. The molecule has 0 spiro atoms. The van der Waals surface area contributed by atoms with E-state index in [4.69, 9.17) is 9.47 Å². The van der Waals surface area contributed by atoms with E-state index in [9.17, 15) is 14.7 Å². The zero-order valence-electron chi connectivity index (χ0n) is 19.3. The monoisotopic (exact) mass is 486 g/mol. The highest BCUT2D eigenvalue weighted by Gasteiger charge is 2.49. The number of aromatic nitrogens is 1. The molecule has 1 saturated heterocycles. The summed E-state index contributed by atoms with van der Waals surface area (Å²) >= 11 is 1.30. The molecule has 3 aromatic carbocycles. The van der Waals surface area contributed by atoms with Crippen LogP contribution in [0.2, 0.25) is 0 Å². The van der Waals surface area contributed by atoms with Crippen LogP contribution in [0.4, 0.5) is 5.13 Å². The number of Topliss-reactive ketones (excluding diaryl/α,β-unsaturated/α-hetero) is 1. The molecule has 2 heterocycles. The largest absolute Gasteiger partial charge is 0.507 e. The van der Waals surface area contributed by atoms with Crippen LogP contribution < -0.4 is 14.4 Å². The normalized spacial score (nSPS) is 17.2. The fraction of sp³-hybridized carbons (Fsp3) is 0.148. The Morgan fingerprint density at radius 3 is 2.43 bits per heavy atom. The first-order chi connectivity index (χ1) is 16.9. The molecular weight excluding hydrogens is 464 g/mol. The lowest BCUT2D eigenvalue weighted by atomic mass is 9.94. The average molecular weight is 487 g/mol. The molecule has 1 N–H and O–H groups in total. The van der Waals surface area contributed by atoms with Gasteiger partial charge in [-0.2, -0.15) is 0 Å². The number of fused-ring (bicyclic) bond motifs is 1. The van der Waals surface area contributed by atoms with E-state index < -0.39 is 17.7 Å². The molecule has 1 amide bonds. The van der Waals surface area contributed by atoms with Crippen molar-refractivity contribution in [2.75, 3.05) is 19.1 Å². The van der Waals surface area contributed by atoms with E-state index in [-0.39, 0.29) is 11.3 Å². The topological polar surface area (TPSA) is 89.0 Å². The first kappa shape index (κ1) is 22.6. The molecule has 0 aliphatic carbocycles. The van der Waals surface area contributed by atoms with Crippen LogP contribution in [-0.4, -0.2) is 36.0 Å². The number of rotatable bonds is 5. The number of benzene rings is 3. The minimum absolute atomic E-state index is 0.0263. The molecule has 7 nitrogen and oxygen atoms in total. The third kappa shape index (κ3) is 3.81. The van der Waals surface area contributed by atoms with Gasteiger partial charge in [0.15, 0.2) is 5.13 Å². The van der Waals surface area contributed by atoms with Crippen molar-refractivity contribution in [3.05, 3.63) is 89.0 Å². The van der Waals surface area contributed by atoms with Gasteiger partial charge in [-0.25, -0.2) is 4.98 Å². The smallest absolute Gasteiger partial charge is 0.301 e. The Kier molecular flexibility index (Phi) is 5.74. The number of ketones is 1. The van der Waals surface area contributed by atoms with Crippen LogP contribution in [0, 0.1) is 6.92 Å². The molecule has 8 heteroatoms. The van der Waals surface area contributed by atoms with Crippen molar-refractivity contribution >= 4 is 44.1 Å². The summed E-state index contributed by atoms with van der Waals surface area (Å²) in [6.45, 7) is 1.93. The Balaban J connectivity index is 1.77. The number of hydrogen-bond donors (Lipinski definition) is 1. The molecule has 1 fully saturated rings. The molecule has 0 radical (unpaired) electrons. The number of thiazole rings is 1. The molecule has 4 aromatic rings. The lowest BCUT2D eigenvalue weighted by molar-refractivity contribution is -0.132. The number of aliphatic hydroxyl groups excluding tert-OH is 1. The third-order valence-corrected chi connectivity index (χ3v) is 7.03. The zero-order chi connectivity index (χ0) is 24.7. The quantitative estimate of drug-likeness (QED) is 0.236. The maximum atomic E-state index is 13.4. The molecule has 35 heavy (non-hydrogen) atoms. The van der Waals surface area contributed by atoms with Crippen LogP contribution in [0.3, 0.4) is 0 Å². The average Bonchev–Trinajstić information content (AvgIpc) is 3.42. The second-order valence-corrected chi connectivity index (χ2v) is 9.12. The van der Waals surface area contributed by atoms with Crippen molar-refractivity contribution in [2.45, 2.75) is 13.0 Å². The molecule has 1 aliphatic rings. The Morgan fingerprint density at radius 1 is 1.00 bits per heavy atom. The van der Waals surface area contributed by atoms with Gasteiger partial charge in [-0.05, 0) is 31.2 Å². The summed E-state index contributed by atoms with van der Waals surface area (Å²) < 4.78 is 11.8. The van der Waals surface area contributed by atoms with Gasteiger partial charge in [0.25, 0.3) is 5.78 Å². The minimum Gasteiger partial charge on any atom is -0.507 e. The molecule has 0 saturated carbocycles. The number of methoxy groups -OCH3 is 2. The van der Waals surface area contributed by atoms with E-state index in [0.717, 1.165) is 10.3 Å². The predicted octanol–water partition coefficient (Wildman–Crippen LogP) is 5.25. The van der Waals surface area contributed by atoms with Gasteiger partial charge in [-0.1, -0.05) is 53.3 Å². The van der Waals surface area contributed by atoms with Crippen molar-refractivity contribution < 1.29 is 24.2 Å². The number of nitrogens with zero attached hydrogens (tertiary/aromatic N) is 2. The van der Waals surface area contributed by atoms with Gasteiger partial charge in [0, 0.05) is 17.2 Å². The third-order valence-electron chi connectivity index (χ3n) is 5.99. The standard InChI is InChI=1S/C27H22N2O5S/c1-15-8-10-16(11-9-15)24(30)22-23(18-13-12-17(33-2)14-20(18)34-3)29(26(32)25(22)31)27-28-19-6-4-5-7-21(19)35-27/h4-14,23,30H,1-3H3/b24-22+. The molecule has 5 rings (SSSR count). The lowest BCUT2D eigenvalue weighted by Crippen LogP contribution is -2.29. The first-order valence-electron chi connectivity index (χ1n) is 10.9. The molecule has 176 valence electrons. The Morgan fingerprint density at radius 2 is 1.74 bits per heavy atom. The van der Waals surface area contributed by atoms with Gasteiger partial charge in [0.05, 0.1) is 30.0 Å². The van der Waals surface area contributed by atoms with Gasteiger partial charge < -0.3 is 14.6 Å².